The van der Waals surface area contributed by atoms with Gasteiger partial charge in [0.1, 0.15) is 0 Å². The van der Waals surface area contributed by atoms with Crippen LogP contribution in [0.5, 0.6) is 23.0 Å². The van der Waals surface area contributed by atoms with Gasteiger partial charge in [-0.2, -0.15) is 5.10 Å². The largest absolute Gasteiger partial charge is 0.493 e. The van der Waals surface area contributed by atoms with Gasteiger partial charge >= 0.3 is 0 Å². The highest BCUT2D eigenvalue weighted by molar-refractivity contribution is 6.30. The van der Waals surface area contributed by atoms with Crippen LogP contribution in [0.3, 0.4) is 0 Å². The normalized spacial score (nSPS) is 15.4. The van der Waals surface area contributed by atoms with Gasteiger partial charge in [0.15, 0.2) is 23.0 Å². The summed E-state index contributed by atoms with van der Waals surface area (Å²) in [7, 11) is 6.52. The minimum atomic E-state index is -0.0247. The second kappa shape index (κ2) is 10.5. The highest BCUT2D eigenvalue weighted by atomic mass is 35.5. The van der Waals surface area contributed by atoms with E-state index < -0.39 is 0 Å². The van der Waals surface area contributed by atoms with E-state index in [2.05, 4.69) is 0 Å². The van der Waals surface area contributed by atoms with E-state index in [1.54, 1.807) is 28.4 Å². The summed E-state index contributed by atoms with van der Waals surface area (Å²) in [5, 5.41) is 7.58. The molecule has 1 aliphatic rings. The van der Waals surface area contributed by atoms with Crippen molar-refractivity contribution in [3.05, 3.63) is 82.9 Å². The molecule has 176 valence electrons. The molecule has 7 heteroatoms. The molecule has 3 aromatic rings. The van der Waals surface area contributed by atoms with E-state index in [9.17, 15) is 0 Å². The summed E-state index contributed by atoms with van der Waals surface area (Å²) >= 11 is 6.29. The Bertz CT molecular complexity index is 1230. The maximum Gasteiger partial charge on any atom is 0.161 e. The lowest BCUT2D eigenvalue weighted by Crippen LogP contribution is -2.18. The Balaban J connectivity index is 1.67. The quantitative estimate of drug-likeness (QED) is 0.375. The first-order valence-electron chi connectivity index (χ1n) is 10.8. The number of ether oxygens (including phenoxy) is 4. The Labute approximate surface area is 205 Å². The standard InChI is InChI=1S/C27H27ClN2O4/c1-31-24-12-9-18(14-26(24)33-3)8-11-21-17-23(19-10-13-25(32-2)27(15-19)34-4)30(29-21)22-7-5-6-20(28)16-22/h5-16,23H,17H2,1-4H3/b11-8+/t23-/m0/s1. The first-order chi connectivity index (χ1) is 16.6. The minimum Gasteiger partial charge on any atom is -0.493 e. The fourth-order valence-electron chi connectivity index (χ4n) is 3.96. The van der Waals surface area contributed by atoms with Crippen molar-refractivity contribution >= 4 is 29.1 Å². The molecule has 1 heterocycles. The van der Waals surface area contributed by atoms with Crippen LogP contribution in [0.25, 0.3) is 6.08 Å². The van der Waals surface area contributed by atoms with Crippen molar-refractivity contribution < 1.29 is 18.9 Å². The molecule has 0 N–H and O–H groups in total. The van der Waals surface area contributed by atoms with Crippen LogP contribution in [0.2, 0.25) is 5.02 Å². The fourth-order valence-corrected chi connectivity index (χ4v) is 4.14. The predicted molar refractivity (Wildman–Crippen MR) is 137 cm³/mol. The van der Waals surface area contributed by atoms with E-state index in [4.69, 9.17) is 35.6 Å². The van der Waals surface area contributed by atoms with Crippen LogP contribution in [0.4, 0.5) is 5.69 Å². The zero-order valence-electron chi connectivity index (χ0n) is 19.6. The van der Waals surface area contributed by atoms with Crippen molar-refractivity contribution in [1.82, 2.24) is 0 Å². The van der Waals surface area contributed by atoms with Crippen molar-refractivity contribution in [2.75, 3.05) is 33.4 Å². The van der Waals surface area contributed by atoms with E-state index >= 15 is 0 Å². The molecule has 0 spiro atoms. The number of hydrogen-bond acceptors (Lipinski definition) is 6. The molecule has 3 aromatic carbocycles. The number of anilines is 1. The van der Waals surface area contributed by atoms with Gasteiger partial charge in [-0.05, 0) is 59.7 Å². The number of benzene rings is 3. The van der Waals surface area contributed by atoms with Gasteiger partial charge in [0.25, 0.3) is 0 Å². The Morgan fingerprint density at radius 1 is 0.794 bits per heavy atom. The Morgan fingerprint density at radius 2 is 1.47 bits per heavy atom. The molecule has 6 nitrogen and oxygen atoms in total. The van der Waals surface area contributed by atoms with Crippen LogP contribution < -0.4 is 24.0 Å². The van der Waals surface area contributed by atoms with Crippen LogP contribution in [0.1, 0.15) is 23.6 Å². The topological polar surface area (TPSA) is 52.5 Å². The maximum absolute atomic E-state index is 6.29. The van der Waals surface area contributed by atoms with Gasteiger partial charge in [-0.3, -0.25) is 5.01 Å². The molecule has 0 amide bonds. The third-order valence-electron chi connectivity index (χ3n) is 5.67. The molecule has 0 saturated carbocycles. The van der Waals surface area contributed by atoms with Crippen LogP contribution in [-0.2, 0) is 0 Å². The van der Waals surface area contributed by atoms with Gasteiger partial charge in [0.05, 0.1) is 45.9 Å². The molecule has 0 bridgehead atoms. The molecule has 1 aliphatic heterocycles. The van der Waals surface area contributed by atoms with E-state index in [1.807, 2.05) is 77.8 Å². The van der Waals surface area contributed by atoms with Crippen LogP contribution in [-0.4, -0.2) is 34.2 Å². The molecule has 0 saturated heterocycles. The summed E-state index contributed by atoms with van der Waals surface area (Å²) in [6.45, 7) is 0. The summed E-state index contributed by atoms with van der Waals surface area (Å²) in [5.74, 6) is 2.74. The van der Waals surface area contributed by atoms with E-state index in [0.717, 1.165) is 22.5 Å². The second-order valence-electron chi connectivity index (χ2n) is 7.70. The monoisotopic (exact) mass is 478 g/mol. The zero-order valence-corrected chi connectivity index (χ0v) is 20.4. The first kappa shape index (κ1) is 23.5. The number of halogens is 1. The van der Waals surface area contributed by atoms with Crippen molar-refractivity contribution in [3.63, 3.8) is 0 Å². The summed E-state index contributed by atoms with van der Waals surface area (Å²) < 4.78 is 21.7. The third-order valence-corrected chi connectivity index (χ3v) is 5.91. The number of hydrogen-bond donors (Lipinski definition) is 0. The summed E-state index contributed by atoms with van der Waals surface area (Å²) in [4.78, 5) is 0. The van der Waals surface area contributed by atoms with Gasteiger partial charge in [0.2, 0.25) is 0 Å². The average Bonchev–Trinajstić information content (AvgIpc) is 3.31. The molecular formula is C27H27ClN2O4. The van der Waals surface area contributed by atoms with Gasteiger partial charge in [0, 0.05) is 11.4 Å². The Morgan fingerprint density at radius 3 is 2.15 bits per heavy atom. The average molecular weight is 479 g/mol. The van der Waals surface area contributed by atoms with E-state index in [0.29, 0.717) is 34.4 Å². The number of nitrogens with zero attached hydrogens (tertiary/aromatic N) is 2. The van der Waals surface area contributed by atoms with Gasteiger partial charge in [-0.25, -0.2) is 0 Å². The highest BCUT2D eigenvalue weighted by Gasteiger charge is 2.29. The minimum absolute atomic E-state index is 0.0247. The lowest BCUT2D eigenvalue weighted by molar-refractivity contribution is 0.354. The second-order valence-corrected chi connectivity index (χ2v) is 8.13. The van der Waals surface area contributed by atoms with Crippen LogP contribution in [0, 0.1) is 0 Å². The highest BCUT2D eigenvalue weighted by Crippen LogP contribution is 2.39. The molecule has 0 fully saturated rings. The smallest absolute Gasteiger partial charge is 0.161 e. The zero-order chi connectivity index (χ0) is 24.1. The molecular weight excluding hydrogens is 452 g/mol. The first-order valence-corrected chi connectivity index (χ1v) is 11.2. The number of hydrazone groups is 1. The predicted octanol–water partition coefficient (Wildman–Crippen LogP) is 6.40. The molecule has 4 rings (SSSR count). The SMILES string of the molecule is COc1ccc(/C=C/C2=NN(c3cccc(Cl)c3)[C@H](c3ccc(OC)c(OC)c3)C2)cc1OC. The molecule has 0 radical (unpaired) electrons. The van der Waals surface area contributed by atoms with Gasteiger partial charge in [-0.1, -0.05) is 35.9 Å². The molecule has 0 aliphatic carbocycles. The van der Waals surface area contributed by atoms with E-state index in [1.165, 1.54) is 0 Å². The van der Waals surface area contributed by atoms with Crippen molar-refractivity contribution in [2.24, 2.45) is 5.10 Å². The lowest BCUT2D eigenvalue weighted by atomic mass is 10.00. The van der Waals surface area contributed by atoms with Gasteiger partial charge < -0.3 is 18.9 Å². The van der Waals surface area contributed by atoms with Crippen molar-refractivity contribution in [1.29, 1.82) is 0 Å². The van der Waals surface area contributed by atoms with Gasteiger partial charge in [-0.15, -0.1) is 0 Å². The summed E-state index contributed by atoms with van der Waals surface area (Å²) in [6, 6.07) is 19.4. The maximum atomic E-state index is 6.29. The number of rotatable bonds is 8. The fraction of sp³-hybridized carbons (Fsp3) is 0.222. The summed E-state index contributed by atoms with van der Waals surface area (Å²) in [6.07, 6.45) is 4.76. The van der Waals surface area contributed by atoms with Crippen LogP contribution >= 0.6 is 11.6 Å². The number of methoxy groups -OCH3 is 4. The summed E-state index contributed by atoms with van der Waals surface area (Å²) in [5.41, 5.74) is 3.91. The van der Waals surface area contributed by atoms with Crippen molar-refractivity contribution in [2.45, 2.75) is 12.5 Å². The molecule has 0 aromatic heterocycles. The Kier molecular flexibility index (Phi) is 7.28. The molecule has 34 heavy (non-hydrogen) atoms. The van der Waals surface area contributed by atoms with Crippen molar-refractivity contribution in [3.8, 4) is 23.0 Å². The number of allylic oxidation sites excluding steroid dienone is 1. The Hall–Kier alpha value is -3.64. The molecule has 0 unspecified atom stereocenters. The van der Waals surface area contributed by atoms with E-state index in [-0.39, 0.29) is 6.04 Å². The lowest BCUT2D eigenvalue weighted by Gasteiger charge is -2.24. The molecule has 1 atom stereocenters. The third kappa shape index (κ3) is 4.97. The van der Waals surface area contributed by atoms with Crippen LogP contribution in [0.15, 0.2) is 71.8 Å².